The lowest BCUT2D eigenvalue weighted by atomic mass is 9.98. The fraction of sp³-hybridized carbons (Fsp3) is 0.455. The number of anilines is 1. The summed E-state index contributed by atoms with van der Waals surface area (Å²) in [5.74, 6) is 6.35. The molecule has 0 fully saturated rings. The Morgan fingerprint density at radius 1 is 1.43 bits per heavy atom. The highest BCUT2D eigenvalue weighted by atomic mass is 16.5. The number of hydrogen-bond acceptors (Lipinski definition) is 3. The van der Waals surface area contributed by atoms with E-state index in [1.807, 2.05) is 6.07 Å². The zero-order chi connectivity index (χ0) is 10.3. The van der Waals surface area contributed by atoms with Crippen LogP contribution in [0.5, 0.6) is 5.75 Å². The van der Waals surface area contributed by atoms with Crippen molar-refractivity contribution in [2.75, 3.05) is 5.43 Å². The first-order valence-electron chi connectivity index (χ1n) is 4.81. The van der Waals surface area contributed by atoms with E-state index in [0.717, 1.165) is 17.9 Å². The summed E-state index contributed by atoms with van der Waals surface area (Å²) in [5.41, 5.74) is 5.96. The predicted octanol–water partition coefficient (Wildman–Crippen LogP) is 1.99. The van der Waals surface area contributed by atoms with Crippen LogP contribution in [0.4, 0.5) is 5.69 Å². The standard InChI is InChI=1S/C11H16N2O/c1-7-4-5-9(13-12)10-8(7)6-11(2,3)14-10/h4-5,13H,6,12H2,1-3H3. The molecule has 1 aliphatic rings. The predicted molar refractivity (Wildman–Crippen MR) is 57.4 cm³/mol. The van der Waals surface area contributed by atoms with Crippen molar-refractivity contribution in [3.8, 4) is 5.75 Å². The van der Waals surface area contributed by atoms with Crippen molar-refractivity contribution in [3.63, 3.8) is 0 Å². The maximum absolute atomic E-state index is 5.85. The topological polar surface area (TPSA) is 47.3 Å². The third-order valence-electron chi connectivity index (χ3n) is 2.63. The summed E-state index contributed by atoms with van der Waals surface area (Å²) in [5, 5.41) is 0. The van der Waals surface area contributed by atoms with E-state index in [1.54, 1.807) is 0 Å². The molecule has 3 heteroatoms. The van der Waals surface area contributed by atoms with Crippen LogP contribution in [0.15, 0.2) is 12.1 Å². The summed E-state index contributed by atoms with van der Waals surface area (Å²) in [4.78, 5) is 0. The van der Waals surface area contributed by atoms with Gasteiger partial charge in [0.15, 0.2) is 0 Å². The second-order valence-electron chi connectivity index (χ2n) is 4.42. The minimum atomic E-state index is -0.111. The first kappa shape index (κ1) is 9.34. The molecule has 1 aromatic rings. The highest BCUT2D eigenvalue weighted by Gasteiger charge is 2.32. The molecule has 0 atom stereocenters. The molecule has 1 heterocycles. The fourth-order valence-electron chi connectivity index (χ4n) is 1.91. The minimum Gasteiger partial charge on any atom is -0.485 e. The Morgan fingerprint density at radius 2 is 2.14 bits per heavy atom. The summed E-state index contributed by atoms with van der Waals surface area (Å²) >= 11 is 0. The van der Waals surface area contributed by atoms with E-state index in [1.165, 1.54) is 11.1 Å². The van der Waals surface area contributed by atoms with Gasteiger partial charge in [0.25, 0.3) is 0 Å². The Balaban J connectivity index is 2.53. The van der Waals surface area contributed by atoms with Gasteiger partial charge in [0.2, 0.25) is 0 Å². The zero-order valence-electron chi connectivity index (χ0n) is 8.85. The molecule has 0 spiro atoms. The van der Waals surface area contributed by atoms with Gasteiger partial charge in [0.05, 0.1) is 5.69 Å². The summed E-state index contributed by atoms with van der Waals surface area (Å²) in [7, 11) is 0. The molecule has 0 unspecified atom stereocenters. The van der Waals surface area contributed by atoms with E-state index >= 15 is 0 Å². The fourth-order valence-corrected chi connectivity index (χ4v) is 1.91. The first-order chi connectivity index (χ1) is 6.53. The van der Waals surface area contributed by atoms with Crippen LogP contribution in [-0.2, 0) is 6.42 Å². The number of aryl methyl sites for hydroxylation is 1. The maximum atomic E-state index is 5.85. The molecule has 3 N–H and O–H groups in total. The van der Waals surface area contributed by atoms with Crippen molar-refractivity contribution in [2.45, 2.75) is 32.8 Å². The summed E-state index contributed by atoms with van der Waals surface area (Å²) < 4.78 is 5.85. The van der Waals surface area contributed by atoms with E-state index in [2.05, 4.69) is 32.3 Å². The van der Waals surface area contributed by atoms with Crippen LogP contribution in [0.2, 0.25) is 0 Å². The Labute approximate surface area is 84.2 Å². The third kappa shape index (κ3) is 1.34. The molecule has 76 valence electrons. The molecule has 0 saturated carbocycles. The van der Waals surface area contributed by atoms with Crippen molar-refractivity contribution < 1.29 is 4.74 Å². The van der Waals surface area contributed by atoms with Crippen molar-refractivity contribution in [3.05, 3.63) is 23.3 Å². The molecule has 3 nitrogen and oxygen atoms in total. The number of hydrazine groups is 1. The van der Waals surface area contributed by atoms with E-state index < -0.39 is 0 Å². The Morgan fingerprint density at radius 3 is 2.79 bits per heavy atom. The van der Waals surface area contributed by atoms with Gasteiger partial charge < -0.3 is 10.2 Å². The molecule has 0 bridgehead atoms. The number of hydrogen-bond donors (Lipinski definition) is 2. The van der Waals surface area contributed by atoms with Gasteiger partial charge in [0, 0.05) is 12.0 Å². The lowest BCUT2D eigenvalue weighted by molar-refractivity contribution is 0.139. The summed E-state index contributed by atoms with van der Waals surface area (Å²) in [6, 6.07) is 4.02. The highest BCUT2D eigenvalue weighted by Crippen LogP contribution is 2.41. The van der Waals surface area contributed by atoms with E-state index in [9.17, 15) is 0 Å². The largest absolute Gasteiger partial charge is 0.485 e. The van der Waals surface area contributed by atoms with Crippen LogP contribution < -0.4 is 16.0 Å². The molecule has 14 heavy (non-hydrogen) atoms. The molecule has 2 rings (SSSR count). The van der Waals surface area contributed by atoms with Crippen molar-refractivity contribution in [1.29, 1.82) is 0 Å². The molecule has 0 amide bonds. The monoisotopic (exact) mass is 192 g/mol. The number of nitrogens with one attached hydrogen (secondary N) is 1. The highest BCUT2D eigenvalue weighted by molar-refractivity contribution is 5.63. The number of rotatable bonds is 1. The van der Waals surface area contributed by atoms with Gasteiger partial charge in [0.1, 0.15) is 11.4 Å². The van der Waals surface area contributed by atoms with Crippen molar-refractivity contribution in [2.24, 2.45) is 5.84 Å². The molecular formula is C11H16N2O. The number of nitrogens with two attached hydrogens (primary N) is 1. The third-order valence-corrected chi connectivity index (χ3v) is 2.63. The van der Waals surface area contributed by atoms with E-state index in [0.29, 0.717) is 0 Å². The van der Waals surface area contributed by atoms with Crippen molar-refractivity contribution in [1.82, 2.24) is 0 Å². The second-order valence-corrected chi connectivity index (χ2v) is 4.42. The molecule has 1 aromatic carbocycles. The van der Waals surface area contributed by atoms with E-state index in [4.69, 9.17) is 10.6 Å². The molecule has 1 aliphatic heterocycles. The van der Waals surface area contributed by atoms with Gasteiger partial charge in [-0.15, -0.1) is 0 Å². The Bertz CT molecular complexity index is 372. The van der Waals surface area contributed by atoms with Gasteiger partial charge in [-0.25, -0.2) is 0 Å². The molecular weight excluding hydrogens is 176 g/mol. The molecule has 0 radical (unpaired) electrons. The van der Waals surface area contributed by atoms with Crippen LogP contribution in [-0.4, -0.2) is 5.60 Å². The normalized spacial score (nSPS) is 17.4. The molecule has 0 aliphatic carbocycles. The smallest absolute Gasteiger partial charge is 0.148 e. The van der Waals surface area contributed by atoms with Gasteiger partial charge in [-0.3, -0.25) is 5.84 Å². The van der Waals surface area contributed by atoms with Crippen LogP contribution in [0.1, 0.15) is 25.0 Å². The number of ether oxygens (including phenoxy) is 1. The van der Waals surface area contributed by atoms with Gasteiger partial charge in [-0.2, -0.15) is 0 Å². The number of fused-ring (bicyclic) bond motifs is 1. The Hall–Kier alpha value is -1.22. The van der Waals surface area contributed by atoms with Crippen LogP contribution in [0.3, 0.4) is 0 Å². The molecule has 0 saturated heterocycles. The average Bonchev–Trinajstić information content (AvgIpc) is 2.42. The van der Waals surface area contributed by atoms with Crippen molar-refractivity contribution >= 4 is 5.69 Å². The quantitative estimate of drug-likeness (QED) is 0.528. The lowest BCUT2D eigenvalue weighted by Gasteiger charge is -2.17. The maximum Gasteiger partial charge on any atom is 0.148 e. The van der Waals surface area contributed by atoms with Crippen LogP contribution in [0.25, 0.3) is 0 Å². The minimum absolute atomic E-state index is 0.111. The van der Waals surface area contributed by atoms with Crippen LogP contribution in [0, 0.1) is 6.92 Å². The number of benzene rings is 1. The summed E-state index contributed by atoms with van der Waals surface area (Å²) in [6.45, 7) is 6.28. The zero-order valence-corrected chi connectivity index (χ0v) is 8.85. The van der Waals surface area contributed by atoms with Gasteiger partial charge in [-0.05, 0) is 32.4 Å². The number of nitrogen functional groups attached to an aromatic ring is 1. The van der Waals surface area contributed by atoms with E-state index in [-0.39, 0.29) is 5.60 Å². The SMILES string of the molecule is Cc1ccc(NN)c2c1CC(C)(C)O2. The van der Waals surface area contributed by atoms with Gasteiger partial charge in [-0.1, -0.05) is 6.07 Å². The van der Waals surface area contributed by atoms with Gasteiger partial charge >= 0.3 is 0 Å². The second kappa shape index (κ2) is 2.89. The summed E-state index contributed by atoms with van der Waals surface area (Å²) in [6.07, 6.45) is 0.948. The molecule has 0 aromatic heterocycles. The van der Waals surface area contributed by atoms with Crippen LogP contribution >= 0.6 is 0 Å². The first-order valence-corrected chi connectivity index (χ1v) is 4.81. The lowest BCUT2D eigenvalue weighted by Crippen LogP contribution is -2.25. The average molecular weight is 192 g/mol. The Kier molecular flexibility index (Phi) is 1.93.